The number of amidine groups is 1. The van der Waals surface area contributed by atoms with E-state index in [0.29, 0.717) is 17.5 Å². The van der Waals surface area contributed by atoms with Crippen LogP contribution in [0.2, 0.25) is 0 Å². The van der Waals surface area contributed by atoms with E-state index in [9.17, 15) is 9.59 Å². The highest BCUT2D eigenvalue weighted by atomic mass is 32.2. The first-order valence-electron chi connectivity index (χ1n) is 9.47. The number of nitrogens with zero attached hydrogens (tertiary/aromatic N) is 2. The fourth-order valence-electron chi connectivity index (χ4n) is 2.61. The summed E-state index contributed by atoms with van der Waals surface area (Å²) in [4.78, 5) is 24.3. The van der Waals surface area contributed by atoms with Crippen molar-refractivity contribution in [1.82, 2.24) is 5.32 Å². The van der Waals surface area contributed by atoms with Crippen molar-refractivity contribution in [2.75, 3.05) is 11.9 Å². The Hall–Kier alpha value is -3.39. The van der Waals surface area contributed by atoms with Gasteiger partial charge in [0.15, 0.2) is 5.17 Å². The lowest BCUT2D eigenvalue weighted by Gasteiger charge is -2.08. The first-order valence-corrected chi connectivity index (χ1v) is 10.3. The molecular weight excluding hydrogens is 400 g/mol. The maximum absolute atomic E-state index is 12.3. The minimum absolute atomic E-state index is 0.0420. The normalized spacial score (nSPS) is 17.6. The molecule has 2 amide bonds. The number of anilines is 1. The summed E-state index contributed by atoms with van der Waals surface area (Å²) in [5.41, 5.74) is 1.70. The third kappa shape index (κ3) is 6.59. The monoisotopic (exact) mass is 422 g/mol. The molecule has 1 fully saturated rings. The zero-order valence-electron chi connectivity index (χ0n) is 16.4. The van der Waals surface area contributed by atoms with E-state index in [1.807, 2.05) is 43.3 Å². The number of hydrogen-bond donors (Lipinski definition) is 2. The van der Waals surface area contributed by atoms with Gasteiger partial charge in [-0.1, -0.05) is 48.2 Å². The molecule has 7 nitrogen and oxygen atoms in total. The summed E-state index contributed by atoms with van der Waals surface area (Å²) in [5.74, 6) is 0.235. The Bertz CT molecular complexity index is 956. The molecule has 0 saturated carbocycles. The summed E-state index contributed by atoms with van der Waals surface area (Å²) in [6, 6.07) is 16.9. The highest BCUT2D eigenvalue weighted by molar-refractivity contribution is 8.15. The third-order valence-corrected chi connectivity index (χ3v) is 5.06. The SMILES string of the molecule is CCOc1ccc(NC(=O)C[C@H]2S/C(=N/N=C\C=C\c3ccccc3)NC2=O)cc1. The number of hydrogen-bond acceptors (Lipinski definition) is 6. The van der Waals surface area contributed by atoms with Crippen molar-refractivity contribution in [1.29, 1.82) is 0 Å². The van der Waals surface area contributed by atoms with Crippen molar-refractivity contribution in [2.24, 2.45) is 10.2 Å². The number of carbonyl (C=O) groups is 2. The molecule has 2 N–H and O–H groups in total. The number of amides is 2. The molecular formula is C22H22N4O3S. The lowest BCUT2D eigenvalue weighted by atomic mass is 10.2. The van der Waals surface area contributed by atoms with Gasteiger partial charge in [0.2, 0.25) is 11.8 Å². The maximum atomic E-state index is 12.3. The van der Waals surface area contributed by atoms with E-state index >= 15 is 0 Å². The van der Waals surface area contributed by atoms with Crippen LogP contribution in [0.4, 0.5) is 5.69 Å². The van der Waals surface area contributed by atoms with Gasteiger partial charge >= 0.3 is 0 Å². The molecule has 2 aromatic rings. The van der Waals surface area contributed by atoms with Crippen LogP contribution in [0.5, 0.6) is 5.75 Å². The molecule has 0 aliphatic carbocycles. The van der Waals surface area contributed by atoms with Crippen LogP contribution in [0.1, 0.15) is 18.9 Å². The molecule has 0 bridgehead atoms. The number of carbonyl (C=O) groups excluding carboxylic acids is 2. The van der Waals surface area contributed by atoms with Gasteiger partial charge in [-0.15, -0.1) is 5.10 Å². The van der Waals surface area contributed by atoms with E-state index in [0.717, 1.165) is 11.3 Å². The largest absolute Gasteiger partial charge is 0.494 e. The van der Waals surface area contributed by atoms with Crippen LogP contribution < -0.4 is 15.4 Å². The smallest absolute Gasteiger partial charge is 0.240 e. The minimum Gasteiger partial charge on any atom is -0.494 e. The third-order valence-electron chi connectivity index (χ3n) is 3.99. The van der Waals surface area contributed by atoms with Crippen molar-refractivity contribution in [3.63, 3.8) is 0 Å². The number of rotatable bonds is 8. The summed E-state index contributed by atoms with van der Waals surface area (Å²) in [6.45, 7) is 2.49. The van der Waals surface area contributed by atoms with Gasteiger partial charge in [-0.25, -0.2) is 0 Å². The fourth-order valence-corrected chi connectivity index (χ4v) is 3.53. The van der Waals surface area contributed by atoms with Gasteiger partial charge in [0.1, 0.15) is 11.0 Å². The quantitative estimate of drug-likeness (QED) is 0.501. The molecule has 3 rings (SSSR count). The highest BCUT2D eigenvalue weighted by Gasteiger charge is 2.32. The summed E-state index contributed by atoms with van der Waals surface area (Å²) < 4.78 is 5.37. The zero-order valence-corrected chi connectivity index (χ0v) is 17.3. The predicted octanol–water partition coefficient (Wildman–Crippen LogP) is 3.70. The molecule has 1 aliphatic heterocycles. The van der Waals surface area contributed by atoms with Gasteiger partial charge in [0.25, 0.3) is 0 Å². The fraction of sp³-hybridized carbons (Fsp3) is 0.182. The van der Waals surface area contributed by atoms with E-state index in [2.05, 4.69) is 20.8 Å². The molecule has 1 heterocycles. The summed E-state index contributed by atoms with van der Waals surface area (Å²) >= 11 is 1.19. The van der Waals surface area contributed by atoms with Gasteiger partial charge in [-0.2, -0.15) is 5.10 Å². The standard InChI is InChI=1S/C22H22N4O3S/c1-2-29-18-12-10-17(11-13-18)24-20(27)15-19-21(28)25-22(30-19)26-23-14-6-9-16-7-4-3-5-8-16/h3-14,19H,2,15H2,1H3,(H,24,27)(H,25,26,28)/b9-6+,23-14-/t19-/m1/s1. The molecule has 2 aromatic carbocycles. The molecule has 30 heavy (non-hydrogen) atoms. The van der Waals surface area contributed by atoms with Gasteiger partial charge < -0.3 is 15.4 Å². The number of thioether (sulfide) groups is 1. The molecule has 1 aliphatic rings. The van der Waals surface area contributed by atoms with Crippen molar-refractivity contribution in [3.05, 3.63) is 66.2 Å². The van der Waals surface area contributed by atoms with Gasteiger partial charge in [0, 0.05) is 18.3 Å². The summed E-state index contributed by atoms with van der Waals surface area (Å²) in [7, 11) is 0. The van der Waals surface area contributed by atoms with E-state index in [1.54, 1.807) is 36.6 Å². The van der Waals surface area contributed by atoms with Crippen LogP contribution in [-0.4, -0.2) is 35.1 Å². The average molecular weight is 423 g/mol. The predicted molar refractivity (Wildman–Crippen MR) is 122 cm³/mol. The van der Waals surface area contributed by atoms with Crippen LogP contribution in [0.3, 0.4) is 0 Å². The van der Waals surface area contributed by atoms with E-state index in [-0.39, 0.29) is 18.2 Å². The van der Waals surface area contributed by atoms with Gasteiger partial charge in [-0.05, 0) is 42.8 Å². The van der Waals surface area contributed by atoms with E-state index in [4.69, 9.17) is 4.74 Å². The Kier molecular flexibility index (Phi) is 7.79. The number of benzene rings is 2. The first-order chi connectivity index (χ1) is 14.6. The Morgan fingerprint density at radius 3 is 2.70 bits per heavy atom. The Balaban J connectivity index is 1.47. The second kappa shape index (κ2) is 11.0. The van der Waals surface area contributed by atoms with Crippen LogP contribution >= 0.6 is 11.8 Å². The van der Waals surface area contributed by atoms with Crippen molar-refractivity contribution in [3.8, 4) is 5.75 Å². The number of nitrogens with one attached hydrogen (secondary N) is 2. The lowest BCUT2D eigenvalue weighted by Crippen LogP contribution is -2.28. The first kappa shape index (κ1) is 21.3. The molecule has 154 valence electrons. The van der Waals surface area contributed by atoms with Crippen LogP contribution in [0.25, 0.3) is 6.08 Å². The van der Waals surface area contributed by atoms with E-state index < -0.39 is 5.25 Å². The average Bonchev–Trinajstić information content (AvgIpc) is 3.09. The molecule has 0 spiro atoms. The number of ether oxygens (including phenoxy) is 1. The minimum atomic E-state index is -0.540. The van der Waals surface area contributed by atoms with Crippen molar-refractivity contribution in [2.45, 2.75) is 18.6 Å². The Morgan fingerprint density at radius 2 is 1.97 bits per heavy atom. The summed E-state index contributed by atoms with van der Waals surface area (Å²) in [6.07, 6.45) is 5.25. The van der Waals surface area contributed by atoms with Crippen LogP contribution in [0.15, 0.2) is 70.9 Å². The summed E-state index contributed by atoms with van der Waals surface area (Å²) in [5, 5.41) is 13.2. The van der Waals surface area contributed by atoms with Crippen LogP contribution in [0, 0.1) is 0 Å². The van der Waals surface area contributed by atoms with Gasteiger partial charge in [0.05, 0.1) is 6.61 Å². The molecule has 0 aromatic heterocycles. The molecule has 1 atom stereocenters. The topological polar surface area (TPSA) is 92.2 Å². The van der Waals surface area contributed by atoms with Gasteiger partial charge in [-0.3, -0.25) is 9.59 Å². The maximum Gasteiger partial charge on any atom is 0.240 e. The molecule has 0 unspecified atom stereocenters. The number of allylic oxidation sites excluding steroid dienone is 1. The second-order valence-electron chi connectivity index (χ2n) is 6.24. The Labute approximate surface area is 179 Å². The lowest BCUT2D eigenvalue weighted by molar-refractivity contribution is -0.122. The van der Waals surface area contributed by atoms with Crippen LogP contribution in [-0.2, 0) is 9.59 Å². The molecule has 8 heteroatoms. The molecule has 1 saturated heterocycles. The molecule has 0 radical (unpaired) electrons. The Morgan fingerprint density at radius 1 is 1.20 bits per heavy atom. The second-order valence-corrected chi connectivity index (χ2v) is 7.44. The highest BCUT2D eigenvalue weighted by Crippen LogP contribution is 2.23. The zero-order chi connectivity index (χ0) is 21.2. The van der Waals surface area contributed by atoms with Crippen molar-refractivity contribution >= 4 is 46.7 Å². The van der Waals surface area contributed by atoms with E-state index in [1.165, 1.54) is 11.8 Å². The van der Waals surface area contributed by atoms with Crippen molar-refractivity contribution < 1.29 is 14.3 Å².